The first kappa shape index (κ1) is 22.2. The molecule has 6 nitrogen and oxygen atoms in total. The Hall–Kier alpha value is -3.49. The maximum Gasteiger partial charge on any atom is 0.453 e. The Morgan fingerprint density at radius 1 is 1.03 bits per heavy atom. The van der Waals surface area contributed by atoms with E-state index in [4.69, 9.17) is 19.0 Å². The second kappa shape index (κ2) is 7.98. The molecule has 164 valence electrons. The quantitative estimate of drug-likeness (QED) is 0.579. The molecule has 0 bridgehead atoms. The molecule has 0 aliphatic rings. The SMILES string of the molecule is CC(C)(C)c1ccc(Oc2c(C(F)(F)F)oc3cc(OCC(=O)O)ccc3c2=O)cc1. The number of benzene rings is 2. The Morgan fingerprint density at radius 2 is 1.65 bits per heavy atom. The van der Waals surface area contributed by atoms with E-state index in [0.29, 0.717) is 0 Å². The van der Waals surface area contributed by atoms with Gasteiger partial charge in [-0.1, -0.05) is 32.9 Å². The highest BCUT2D eigenvalue weighted by Gasteiger charge is 2.40. The zero-order valence-corrected chi connectivity index (χ0v) is 16.9. The highest BCUT2D eigenvalue weighted by atomic mass is 19.4. The smallest absolute Gasteiger partial charge is 0.453 e. The summed E-state index contributed by atoms with van der Waals surface area (Å²) in [6.07, 6.45) is -5.01. The van der Waals surface area contributed by atoms with Crippen LogP contribution < -0.4 is 14.9 Å². The molecule has 0 aliphatic heterocycles. The lowest BCUT2D eigenvalue weighted by Crippen LogP contribution is -2.16. The number of carbonyl (C=O) groups is 1. The van der Waals surface area contributed by atoms with Crippen molar-refractivity contribution in [2.75, 3.05) is 6.61 Å². The number of alkyl halides is 3. The van der Waals surface area contributed by atoms with Crippen LogP contribution in [-0.2, 0) is 16.4 Å². The summed E-state index contributed by atoms with van der Waals surface area (Å²) in [5.41, 5.74) is -0.651. The van der Waals surface area contributed by atoms with Crippen LogP contribution in [0.5, 0.6) is 17.2 Å². The first-order valence-corrected chi connectivity index (χ1v) is 9.17. The lowest BCUT2D eigenvalue weighted by atomic mass is 9.87. The summed E-state index contributed by atoms with van der Waals surface area (Å²) in [6, 6.07) is 9.84. The van der Waals surface area contributed by atoms with Crippen LogP contribution >= 0.6 is 0 Å². The molecule has 2 aromatic carbocycles. The monoisotopic (exact) mass is 436 g/mol. The topological polar surface area (TPSA) is 86.0 Å². The molecule has 3 aromatic rings. The summed E-state index contributed by atoms with van der Waals surface area (Å²) in [4.78, 5) is 23.4. The summed E-state index contributed by atoms with van der Waals surface area (Å²) < 4.78 is 56.0. The first-order valence-electron chi connectivity index (χ1n) is 9.17. The first-order chi connectivity index (χ1) is 14.4. The second-order valence-corrected chi connectivity index (χ2v) is 7.80. The molecule has 1 heterocycles. The van der Waals surface area contributed by atoms with Crippen molar-refractivity contribution >= 4 is 16.9 Å². The van der Waals surface area contributed by atoms with Gasteiger partial charge in [-0.3, -0.25) is 4.79 Å². The van der Waals surface area contributed by atoms with E-state index in [2.05, 4.69) is 0 Å². The number of hydrogen-bond donors (Lipinski definition) is 1. The fourth-order valence-electron chi connectivity index (χ4n) is 2.81. The molecule has 0 fully saturated rings. The minimum atomic E-state index is -5.01. The molecule has 0 saturated carbocycles. The molecule has 0 saturated heterocycles. The number of rotatable bonds is 5. The molecule has 1 aromatic heterocycles. The third-order valence-corrected chi connectivity index (χ3v) is 4.38. The molecule has 0 unspecified atom stereocenters. The van der Waals surface area contributed by atoms with Crippen molar-refractivity contribution in [3.8, 4) is 17.2 Å². The van der Waals surface area contributed by atoms with Crippen molar-refractivity contribution in [2.24, 2.45) is 0 Å². The van der Waals surface area contributed by atoms with Gasteiger partial charge in [-0.2, -0.15) is 13.2 Å². The van der Waals surface area contributed by atoms with Gasteiger partial charge in [0.05, 0.1) is 5.39 Å². The maximum absolute atomic E-state index is 13.6. The normalized spacial score (nSPS) is 12.1. The lowest BCUT2D eigenvalue weighted by Gasteiger charge is -2.19. The summed E-state index contributed by atoms with van der Waals surface area (Å²) in [7, 11) is 0. The lowest BCUT2D eigenvalue weighted by molar-refractivity contribution is -0.154. The van der Waals surface area contributed by atoms with E-state index in [1.54, 1.807) is 12.1 Å². The van der Waals surface area contributed by atoms with E-state index in [1.165, 1.54) is 24.3 Å². The Kier molecular flexibility index (Phi) is 5.71. The standard InChI is InChI=1S/C22H19F3O6/c1-21(2,3)12-4-6-13(7-5-12)30-19-18(28)15-9-8-14(29-11-17(26)27)10-16(15)31-20(19)22(23,24)25/h4-10H,11H2,1-3H3,(H,26,27). The Balaban J connectivity index is 2.07. The number of hydrogen-bond acceptors (Lipinski definition) is 5. The number of ether oxygens (including phenoxy) is 2. The van der Waals surface area contributed by atoms with Crippen LogP contribution in [0, 0.1) is 0 Å². The van der Waals surface area contributed by atoms with Crippen LogP contribution in [0.2, 0.25) is 0 Å². The number of aliphatic carboxylic acids is 1. The number of fused-ring (bicyclic) bond motifs is 1. The fourth-order valence-corrected chi connectivity index (χ4v) is 2.81. The van der Waals surface area contributed by atoms with Gasteiger partial charge < -0.3 is 19.0 Å². The molecule has 0 aliphatic carbocycles. The number of halogens is 3. The molecule has 31 heavy (non-hydrogen) atoms. The van der Waals surface area contributed by atoms with Crippen molar-refractivity contribution in [1.29, 1.82) is 0 Å². The van der Waals surface area contributed by atoms with Gasteiger partial charge in [-0.15, -0.1) is 0 Å². The summed E-state index contributed by atoms with van der Waals surface area (Å²) >= 11 is 0. The van der Waals surface area contributed by atoms with Gasteiger partial charge in [0.25, 0.3) is 5.76 Å². The number of carboxylic acids is 1. The van der Waals surface area contributed by atoms with Crippen LogP contribution in [-0.4, -0.2) is 17.7 Å². The second-order valence-electron chi connectivity index (χ2n) is 7.80. The van der Waals surface area contributed by atoms with Crippen molar-refractivity contribution in [2.45, 2.75) is 32.4 Å². The van der Waals surface area contributed by atoms with E-state index in [0.717, 1.165) is 11.6 Å². The fraction of sp³-hybridized carbons (Fsp3) is 0.273. The molecule has 3 rings (SSSR count). The molecule has 0 spiro atoms. The van der Waals surface area contributed by atoms with E-state index >= 15 is 0 Å². The van der Waals surface area contributed by atoms with Crippen LogP contribution in [0.25, 0.3) is 11.0 Å². The van der Waals surface area contributed by atoms with E-state index in [9.17, 15) is 22.8 Å². The molecule has 0 radical (unpaired) electrons. The van der Waals surface area contributed by atoms with Gasteiger partial charge in [0.15, 0.2) is 6.61 Å². The third-order valence-electron chi connectivity index (χ3n) is 4.38. The molecular weight excluding hydrogens is 417 g/mol. The highest BCUT2D eigenvalue weighted by molar-refractivity contribution is 5.80. The van der Waals surface area contributed by atoms with Gasteiger partial charge in [0, 0.05) is 6.07 Å². The van der Waals surface area contributed by atoms with Crippen molar-refractivity contribution in [3.05, 3.63) is 64.0 Å². The predicted molar refractivity (Wildman–Crippen MR) is 106 cm³/mol. The average Bonchev–Trinajstić information content (AvgIpc) is 2.67. The van der Waals surface area contributed by atoms with Crippen LogP contribution in [0.4, 0.5) is 13.2 Å². The third kappa shape index (κ3) is 4.99. The van der Waals surface area contributed by atoms with Crippen molar-refractivity contribution < 1.29 is 37.0 Å². The zero-order chi connectivity index (χ0) is 23.0. The maximum atomic E-state index is 13.6. The Bertz CT molecular complexity index is 1170. The van der Waals surface area contributed by atoms with Gasteiger partial charge in [-0.05, 0) is 35.2 Å². The molecule has 0 amide bonds. The summed E-state index contributed by atoms with van der Waals surface area (Å²) in [5, 5.41) is 8.49. The minimum Gasteiger partial charge on any atom is -0.482 e. The van der Waals surface area contributed by atoms with Gasteiger partial charge >= 0.3 is 12.1 Å². The Morgan fingerprint density at radius 3 is 2.19 bits per heavy atom. The van der Waals surface area contributed by atoms with Crippen LogP contribution in [0.3, 0.4) is 0 Å². The van der Waals surface area contributed by atoms with Crippen LogP contribution in [0.15, 0.2) is 51.7 Å². The van der Waals surface area contributed by atoms with E-state index < -0.39 is 41.3 Å². The zero-order valence-electron chi connectivity index (χ0n) is 16.9. The Labute approximate surface area is 174 Å². The summed E-state index contributed by atoms with van der Waals surface area (Å²) in [5.74, 6) is -3.86. The minimum absolute atomic E-state index is 0.0477. The number of carboxylic acid groups (broad SMARTS) is 1. The van der Waals surface area contributed by atoms with Crippen molar-refractivity contribution in [3.63, 3.8) is 0 Å². The van der Waals surface area contributed by atoms with E-state index in [1.807, 2.05) is 20.8 Å². The summed E-state index contributed by atoms with van der Waals surface area (Å²) in [6.45, 7) is 5.25. The van der Waals surface area contributed by atoms with E-state index in [-0.39, 0.29) is 22.3 Å². The average molecular weight is 436 g/mol. The molecule has 9 heteroatoms. The predicted octanol–water partition coefficient (Wildman–Crippen LogP) is 5.37. The largest absolute Gasteiger partial charge is 0.482 e. The van der Waals surface area contributed by atoms with Crippen molar-refractivity contribution in [1.82, 2.24) is 0 Å². The van der Waals surface area contributed by atoms with Gasteiger partial charge in [0.1, 0.15) is 17.1 Å². The van der Waals surface area contributed by atoms with Gasteiger partial charge in [-0.25, -0.2) is 4.79 Å². The highest BCUT2D eigenvalue weighted by Crippen LogP contribution is 2.39. The van der Waals surface area contributed by atoms with Gasteiger partial charge in [0.2, 0.25) is 11.2 Å². The molecular formula is C22H19F3O6. The van der Waals surface area contributed by atoms with Crippen LogP contribution in [0.1, 0.15) is 32.1 Å². The molecule has 0 atom stereocenters. The molecule has 1 N–H and O–H groups in total.